The highest BCUT2D eigenvalue weighted by Gasteiger charge is 2.27. The number of likely N-dealkylation sites (tertiary alicyclic amines) is 1. The molecule has 0 spiro atoms. The number of sulfone groups is 1. The molecule has 0 unspecified atom stereocenters. The Hall–Kier alpha value is -3.80. The number of hydrogen-bond acceptors (Lipinski definition) is 7. The number of aromatic nitrogens is 2. The molecule has 0 bridgehead atoms. The van der Waals surface area contributed by atoms with Crippen LogP contribution in [-0.2, 0) is 21.1 Å². The lowest BCUT2D eigenvalue weighted by atomic mass is 9.94. The number of aromatic amines is 1. The lowest BCUT2D eigenvalue weighted by Crippen LogP contribution is -2.30. The summed E-state index contributed by atoms with van der Waals surface area (Å²) in [5.41, 5.74) is 9.63. The summed E-state index contributed by atoms with van der Waals surface area (Å²) < 4.78 is 46.4. The molecule has 6 rings (SSSR count). The van der Waals surface area contributed by atoms with E-state index < -0.39 is 21.6 Å². The van der Waals surface area contributed by atoms with Gasteiger partial charge >= 0.3 is 0 Å². The molecule has 0 atom stereocenters. The molecule has 3 aromatic carbocycles. The Morgan fingerprint density at radius 1 is 1.07 bits per heavy atom. The number of benzene rings is 3. The van der Waals surface area contributed by atoms with Crippen molar-refractivity contribution in [3.8, 4) is 11.3 Å². The lowest BCUT2D eigenvalue weighted by molar-refractivity contribution is 0.0904. The van der Waals surface area contributed by atoms with Gasteiger partial charge in [0.25, 0.3) is 5.91 Å². The average molecular weight is 578 g/mol. The Bertz CT molecular complexity index is 1710. The molecule has 1 aromatic heterocycles. The molecule has 41 heavy (non-hydrogen) atoms. The average Bonchev–Trinajstić information content (AvgIpc) is 3.63. The standard InChI is InChI=1S/C30H32FN5O4S/c31-20-4-3-5-22(16-20)41(38,39)23-7-9-26-25(17-23)29(35-34-26)27-19(18-36-12-1-2-13-36)6-8-24(30(32)37)28(27)33-21-10-14-40-15-11-21/h3-9,16-17,21,33H,1-2,10-15,18H2,(H2,32,37)(H,34,35). The second kappa shape index (κ2) is 11.2. The van der Waals surface area contributed by atoms with E-state index in [9.17, 15) is 17.6 Å². The van der Waals surface area contributed by atoms with Crippen molar-refractivity contribution in [2.75, 3.05) is 31.6 Å². The summed E-state index contributed by atoms with van der Waals surface area (Å²) in [5.74, 6) is -1.20. The number of nitrogens with one attached hydrogen (secondary N) is 2. The van der Waals surface area contributed by atoms with Gasteiger partial charge in [-0.15, -0.1) is 0 Å². The molecule has 0 aliphatic carbocycles. The summed E-state index contributed by atoms with van der Waals surface area (Å²) in [6, 6.07) is 13.4. The second-order valence-corrected chi connectivity index (χ2v) is 12.6. The van der Waals surface area contributed by atoms with Gasteiger partial charge in [0.05, 0.1) is 26.6 Å². The van der Waals surface area contributed by atoms with Gasteiger partial charge < -0.3 is 15.8 Å². The second-order valence-electron chi connectivity index (χ2n) is 10.6. The van der Waals surface area contributed by atoms with Crippen LogP contribution in [0.5, 0.6) is 0 Å². The van der Waals surface area contributed by atoms with Gasteiger partial charge in [0, 0.05) is 36.8 Å². The Morgan fingerprint density at radius 2 is 1.83 bits per heavy atom. The number of anilines is 1. The van der Waals surface area contributed by atoms with E-state index in [0.29, 0.717) is 53.2 Å². The SMILES string of the molecule is NC(=O)c1ccc(CN2CCCC2)c(-c2n[nH]c3ccc(S(=O)(=O)c4cccc(F)c4)cc23)c1NC1CCOCC1. The highest BCUT2D eigenvalue weighted by atomic mass is 32.2. The quantitative estimate of drug-likeness (QED) is 0.281. The fraction of sp³-hybridized carbons (Fsp3) is 0.333. The summed E-state index contributed by atoms with van der Waals surface area (Å²) in [7, 11) is -4.01. The van der Waals surface area contributed by atoms with Crippen LogP contribution in [-0.4, -0.2) is 61.8 Å². The van der Waals surface area contributed by atoms with Crippen molar-refractivity contribution >= 4 is 32.3 Å². The Labute approximate surface area is 237 Å². The minimum Gasteiger partial charge on any atom is -0.381 e. The zero-order valence-corrected chi connectivity index (χ0v) is 23.3. The van der Waals surface area contributed by atoms with Gasteiger partial charge in [0.2, 0.25) is 9.84 Å². The van der Waals surface area contributed by atoms with E-state index in [4.69, 9.17) is 10.5 Å². The largest absolute Gasteiger partial charge is 0.381 e. The van der Waals surface area contributed by atoms with Crippen LogP contribution in [0.1, 0.15) is 41.6 Å². The number of halogens is 1. The molecular weight excluding hydrogens is 545 g/mol. The van der Waals surface area contributed by atoms with Gasteiger partial charge in [0.1, 0.15) is 11.5 Å². The number of carbonyl (C=O) groups is 1. The third kappa shape index (κ3) is 5.44. The number of amides is 1. The molecule has 0 saturated carbocycles. The maximum atomic E-state index is 13.9. The molecular formula is C30H32FN5O4S. The van der Waals surface area contributed by atoms with Crippen LogP contribution in [0.2, 0.25) is 0 Å². The summed E-state index contributed by atoms with van der Waals surface area (Å²) >= 11 is 0. The van der Waals surface area contributed by atoms with E-state index in [1.165, 1.54) is 24.3 Å². The van der Waals surface area contributed by atoms with Crippen molar-refractivity contribution in [2.24, 2.45) is 5.73 Å². The number of nitrogens with two attached hydrogens (primary N) is 1. The molecule has 2 aliphatic rings. The van der Waals surface area contributed by atoms with Crippen molar-refractivity contribution in [3.05, 3.63) is 71.5 Å². The summed E-state index contributed by atoms with van der Waals surface area (Å²) in [6.45, 7) is 3.80. The van der Waals surface area contributed by atoms with Crippen LogP contribution in [0, 0.1) is 5.82 Å². The van der Waals surface area contributed by atoms with E-state index >= 15 is 0 Å². The zero-order chi connectivity index (χ0) is 28.6. The van der Waals surface area contributed by atoms with Gasteiger partial charge in [-0.25, -0.2) is 12.8 Å². The first-order valence-corrected chi connectivity index (χ1v) is 15.3. The molecule has 9 nitrogen and oxygen atoms in total. The molecule has 2 fully saturated rings. The van der Waals surface area contributed by atoms with Gasteiger partial charge in [-0.3, -0.25) is 14.8 Å². The van der Waals surface area contributed by atoms with Crippen molar-refractivity contribution in [1.29, 1.82) is 0 Å². The summed E-state index contributed by atoms with van der Waals surface area (Å²) in [5, 5.41) is 11.8. The predicted molar refractivity (Wildman–Crippen MR) is 154 cm³/mol. The molecule has 1 amide bonds. The van der Waals surface area contributed by atoms with E-state index in [1.807, 2.05) is 6.07 Å². The smallest absolute Gasteiger partial charge is 0.250 e. The number of hydrogen-bond donors (Lipinski definition) is 3. The number of carbonyl (C=O) groups excluding carboxylic acids is 1. The van der Waals surface area contributed by atoms with Crippen LogP contribution >= 0.6 is 0 Å². The van der Waals surface area contributed by atoms with Crippen LogP contribution in [0.4, 0.5) is 10.1 Å². The first-order chi connectivity index (χ1) is 19.8. The lowest BCUT2D eigenvalue weighted by Gasteiger charge is -2.28. The van der Waals surface area contributed by atoms with Gasteiger partial charge in [-0.2, -0.15) is 5.10 Å². The van der Waals surface area contributed by atoms with Crippen molar-refractivity contribution in [1.82, 2.24) is 15.1 Å². The first kappa shape index (κ1) is 27.4. The molecule has 4 N–H and O–H groups in total. The maximum absolute atomic E-state index is 13.9. The van der Waals surface area contributed by atoms with Gasteiger partial charge in [0.15, 0.2) is 0 Å². The van der Waals surface area contributed by atoms with Crippen molar-refractivity contribution < 1.29 is 22.3 Å². The van der Waals surface area contributed by atoms with E-state index in [2.05, 4.69) is 20.4 Å². The third-order valence-electron chi connectivity index (χ3n) is 7.91. The zero-order valence-electron chi connectivity index (χ0n) is 22.5. The fourth-order valence-corrected chi connectivity index (χ4v) is 7.07. The normalized spacial score (nSPS) is 16.8. The van der Waals surface area contributed by atoms with Crippen LogP contribution < -0.4 is 11.1 Å². The van der Waals surface area contributed by atoms with E-state index in [1.54, 1.807) is 18.2 Å². The topological polar surface area (TPSA) is 130 Å². The minimum atomic E-state index is -4.01. The number of rotatable bonds is 8. The molecule has 214 valence electrons. The van der Waals surface area contributed by atoms with Gasteiger partial charge in [-0.1, -0.05) is 12.1 Å². The number of ether oxygens (including phenoxy) is 1. The predicted octanol–water partition coefficient (Wildman–Crippen LogP) is 4.49. The summed E-state index contributed by atoms with van der Waals surface area (Å²) in [6.07, 6.45) is 3.78. The summed E-state index contributed by atoms with van der Waals surface area (Å²) in [4.78, 5) is 14.9. The highest BCUT2D eigenvalue weighted by Crippen LogP contribution is 2.40. The fourth-order valence-electron chi connectivity index (χ4n) is 5.75. The Balaban J connectivity index is 1.54. The minimum absolute atomic E-state index is 0.0179. The molecule has 2 saturated heterocycles. The number of primary amides is 1. The first-order valence-electron chi connectivity index (χ1n) is 13.8. The van der Waals surface area contributed by atoms with Crippen LogP contribution in [0.15, 0.2) is 64.4 Å². The monoisotopic (exact) mass is 577 g/mol. The molecule has 2 aliphatic heterocycles. The molecule has 4 aromatic rings. The van der Waals surface area contributed by atoms with Crippen molar-refractivity contribution in [3.63, 3.8) is 0 Å². The number of nitrogens with zero attached hydrogens (tertiary/aromatic N) is 2. The van der Waals surface area contributed by atoms with E-state index in [-0.39, 0.29) is 15.8 Å². The number of fused-ring (bicyclic) bond motifs is 1. The third-order valence-corrected chi connectivity index (χ3v) is 9.66. The maximum Gasteiger partial charge on any atom is 0.250 e. The molecule has 3 heterocycles. The Morgan fingerprint density at radius 3 is 2.56 bits per heavy atom. The van der Waals surface area contributed by atoms with Crippen LogP contribution in [0.3, 0.4) is 0 Å². The highest BCUT2D eigenvalue weighted by molar-refractivity contribution is 7.91. The molecule has 11 heteroatoms. The Kier molecular flexibility index (Phi) is 7.50. The number of H-pyrrole nitrogens is 1. The van der Waals surface area contributed by atoms with Crippen molar-refractivity contribution in [2.45, 2.75) is 48.1 Å². The van der Waals surface area contributed by atoms with E-state index in [0.717, 1.165) is 50.4 Å². The molecule has 0 radical (unpaired) electrons. The van der Waals surface area contributed by atoms with Gasteiger partial charge in [-0.05, 0) is 86.8 Å². The van der Waals surface area contributed by atoms with Crippen LogP contribution in [0.25, 0.3) is 22.2 Å².